The van der Waals surface area contributed by atoms with Crippen molar-refractivity contribution < 1.29 is 26.3 Å². The highest BCUT2D eigenvalue weighted by Gasteiger charge is 2.34. The highest BCUT2D eigenvalue weighted by molar-refractivity contribution is 5.95. The van der Waals surface area contributed by atoms with Crippen LogP contribution in [0.25, 0.3) is 22.2 Å². The molecule has 0 saturated carbocycles. The summed E-state index contributed by atoms with van der Waals surface area (Å²) in [7, 11) is 0. The SMILES string of the molecule is C#Cc1cccc(-c2c3cccc(C(F)(F)F)c3nn2Cc2c(F)cc(F)cc2F)c1. The summed E-state index contributed by atoms with van der Waals surface area (Å²) in [5, 5.41) is 4.16. The molecule has 1 aromatic heterocycles. The summed E-state index contributed by atoms with van der Waals surface area (Å²) < 4.78 is 83.5. The van der Waals surface area contributed by atoms with Crippen molar-refractivity contribution in [3.63, 3.8) is 0 Å². The molecule has 2 nitrogen and oxygen atoms in total. The van der Waals surface area contributed by atoms with Crippen LogP contribution in [0, 0.1) is 29.8 Å². The van der Waals surface area contributed by atoms with Gasteiger partial charge in [-0.1, -0.05) is 30.2 Å². The predicted molar refractivity (Wildman–Crippen MR) is 104 cm³/mol. The second-order valence-corrected chi connectivity index (χ2v) is 6.78. The van der Waals surface area contributed by atoms with Gasteiger partial charge in [0.05, 0.1) is 17.8 Å². The topological polar surface area (TPSA) is 17.8 Å². The Kier molecular flexibility index (Phi) is 4.97. The average molecular weight is 430 g/mol. The lowest BCUT2D eigenvalue weighted by molar-refractivity contribution is -0.136. The second kappa shape index (κ2) is 7.51. The van der Waals surface area contributed by atoms with Crippen LogP contribution in [0.4, 0.5) is 26.3 Å². The maximum absolute atomic E-state index is 14.2. The number of hydrogen-bond acceptors (Lipinski definition) is 1. The van der Waals surface area contributed by atoms with E-state index < -0.39 is 41.3 Å². The lowest BCUT2D eigenvalue weighted by Crippen LogP contribution is -2.09. The summed E-state index contributed by atoms with van der Waals surface area (Å²) in [4.78, 5) is 0. The van der Waals surface area contributed by atoms with Gasteiger partial charge in [0.25, 0.3) is 0 Å². The summed E-state index contributed by atoms with van der Waals surface area (Å²) in [6.07, 6.45) is 0.734. The van der Waals surface area contributed by atoms with Crippen molar-refractivity contribution in [2.75, 3.05) is 0 Å². The molecule has 0 N–H and O–H groups in total. The molecular weight excluding hydrogens is 418 g/mol. The first kappa shape index (κ1) is 20.5. The van der Waals surface area contributed by atoms with Gasteiger partial charge < -0.3 is 0 Å². The Morgan fingerprint density at radius 2 is 1.61 bits per heavy atom. The third-order valence-electron chi connectivity index (χ3n) is 4.79. The fourth-order valence-corrected chi connectivity index (χ4v) is 3.43. The smallest absolute Gasteiger partial charge is 0.259 e. The van der Waals surface area contributed by atoms with Gasteiger partial charge in [-0.2, -0.15) is 18.3 Å². The lowest BCUT2D eigenvalue weighted by Gasteiger charge is -2.10. The van der Waals surface area contributed by atoms with Crippen LogP contribution in [0.2, 0.25) is 0 Å². The van der Waals surface area contributed by atoms with Crippen LogP contribution in [0.5, 0.6) is 0 Å². The number of terminal acetylenes is 1. The minimum Gasteiger partial charge on any atom is -0.259 e. The summed E-state index contributed by atoms with van der Waals surface area (Å²) >= 11 is 0. The molecule has 0 aliphatic heterocycles. The number of fused-ring (bicyclic) bond motifs is 1. The van der Waals surface area contributed by atoms with Gasteiger partial charge in [-0.25, -0.2) is 13.2 Å². The van der Waals surface area contributed by atoms with Crippen molar-refractivity contribution in [3.05, 3.63) is 88.7 Å². The average Bonchev–Trinajstić information content (AvgIpc) is 3.08. The van der Waals surface area contributed by atoms with Crippen molar-refractivity contribution in [2.45, 2.75) is 12.7 Å². The molecule has 0 fully saturated rings. The van der Waals surface area contributed by atoms with Crippen LogP contribution in [0.3, 0.4) is 0 Å². The molecule has 0 amide bonds. The van der Waals surface area contributed by atoms with Crippen LogP contribution in [0.1, 0.15) is 16.7 Å². The summed E-state index contributed by atoms with van der Waals surface area (Å²) in [5.74, 6) is -1.01. The Morgan fingerprint density at radius 3 is 2.26 bits per heavy atom. The molecule has 0 bridgehead atoms. The Balaban J connectivity index is 2.01. The molecule has 0 atom stereocenters. The first-order chi connectivity index (χ1) is 14.7. The molecule has 0 radical (unpaired) electrons. The maximum atomic E-state index is 14.2. The summed E-state index contributed by atoms with van der Waals surface area (Å²) in [6.45, 7) is -0.556. The van der Waals surface area contributed by atoms with Crippen LogP contribution < -0.4 is 0 Å². The van der Waals surface area contributed by atoms with Crippen molar-refractivity contribution in [2.24, 2.45) is 0 Å². The Hall–Kier alpha value is -3.73. The van der Waals surface area contributed by atoms with Gasteiger partial charge in [0.2, 0.25) is 0 Å². The van der Waals surface area contributed by atoms with Crippen molar-refractivity contribution in [1.82, 2.24) is 9.78 Å². The molecule has 0 aliphatic carbocycles. The Bertz CT molecular complexity index is 1320. The van der Waals surface area contributed by atoms with Crippen molar-refractivity contribution in [3.8, 4) is 23.6 Å². The molecule has 0 unspecified atom stereocenters. The third kappa shape index (κ3) is 3.75. The Morgan fingerprint density at radius 1 is 0.935 bits per heavy atom. The van der Waals surface area contributed by atoms with E-state index in [1.165, 1.54) is 12.1 Å². The third-order valence-corrected chi connectivity index (χ3v) is 4.79. The van der Waals surface area contributed by atoms with E-state index in [2.05, 4.69) is 11.0 Å². The van der Waals surface area contributed by atoms with E-state index >= 15 is 0 Å². The zero-order valence-corrected chi connectivity index (χ0v) is 15.6. The van der Waals surface area contributed by atoms with E-state index in [1.807, 2.05) is 0 Å². The number of aromatic nitrogens is 2. The van der Waals surface area contributed by atoms with Gasteiger partial charge in [-0.15, -0.1) is 6.42 Å². The quantitative estimate of drug-likeness (QED) is 0.281. The lowest BCUT2D eigenvalue weighted by atomic mass is 10.0. The van der Waals surface area contributed by atoms with Crippen molar-refractivity contribution in [1.29, 1.82) is 0 Å². The zero-order valence-electron chi connectivity index (χ0n) is 15.6. The minimum atomic E-state index is -4.69. The van der Waals surface area contributed by atoms with Gasteiger partial charge in [0, 0.05) is 34.2 Å². The number of benzene rings is 3. The first-order valence-corrected chi connectivity index (χ1v) is 8.96. The fourth-order valence-electron chi connectivity index (χ4n) is 3.43. The number of alkyl halides is 3. The van der Waals surface area contributed by atoms with Gasteiger partial charge in [-0.05, 0) is 18.2 Å². The van der Waals surface area contributed by atoms with Crippen molar-refractivity contribution >= 4 is 10.9 Å². The van der Waals surface area contributed by atoms with Gasteiger partial charge >= 0.3 is 6.18 Å². The maximum Gasteiger partial charge on any atom is 0.418 e. The fraction of sp³-hybridized carbons (Fsp3) is 0.0870. The van der Waals surface area contributed by atoms with Crippen LogP contribution in [0.15, 0.2) is 54.6 Å². The van der Waals surface area contributed by atoms with Gasteiger partial charge in [0.15, 0.2) is 0 Å². The summed E-state index contributed by atoms with van der Waals surface area (Å²) in [6, 6.07) is 10.9. The molecule has 4 aromatic rings. The second-order valence-electron chi connectivity index (χ2n) is 6.78. The highest BCUT2D eigenvalue weighted by Crippen LogP contribution is 2.38. The molecular formula is C23H12F6N2. The summed E-state index contributed by atoms with van der Waals surface area (Å²) in [5.41, 5.74) is -0.819. The molecule has 0 spiro atoms. The molecule has 0 saturated heterocycles. The van der Waals surface area contributed by atoms with E-state index in [9.17, 15) is 26.3 Å². The van der Waals surface area contributed by atoms with E-state index in [0.29, 0.717) is 23.3 Å². The predicted octanol–water partition coefficient (Wildman–Crippen LogP) is 6.17. The van der Waals surface area contributed by atoms with Gasteiger partial charge in [0.1, 0.15) is 23.0 Å². The monoisotopic (exact) mass is 430 g/mol. The van der Waals surface area contributed by atoms with E-state index in [1.54, 1.807) is 24.3 Å². The standard InChI is InChI=1S/C23H12F6N2/c1-2-13-5-3-6-14(9-13)22-16-7-4-8-18(23(27,28)29)21(16)30-31(22)12-17-19(25)10-15(24)11-20(17)26/h1,3-11H,12H2. The molecule has 156 valence electrons. The molecule has 3 aromatic carbocycles. The normalized spacial score (nSPS) is 11.6. The number of nitrogens with zero attached hydrogens (tertiary/aromatic N) is 2. The van der Waals surface area contributed by atoms with E-state index in [-0.39, 0.29) is 16.6 Å². The molecule has 1 heterocycles. The van der Waals surface area contributed by atoms with Gasteiger partial charge in [-0.3, -0.25) is 4.68 Å². The van der Waals surface area contributed by atoms with E-state index in [0.717, 1.165) is 10.7 Å². The molecule has 31 heavy (non-hydrogen) atoms. The molecule has 8 heteroatoms. The molecule has 4 rings (SSSR count). The van der Waals surface area contributed by atoms with Crippen LogP contribution in [-0.2, 0) is 12.7 Å². The Labute approximate surface area is 172 Å². The van der Waals surface area contributed by atoms with E-state index in [4.69, 9.17) is 6.42 Å². The van der Waals surface area contributed by atoms with Crippen LogP contribution >= 0.6 is 0 Å². The zero-order chi connectivity index (χ0) is 22.3. The highest BCUT2D eigenvalue weighted by atomic mass is 19.4. The largest absolute Gasteiger partial charge is 0.418 e. The number of rotatable bonds is 3. The first-order valence-electron chi connectivity index (χ1n) is 8.96. The number of halogens is 6. The minimum absolute atomic E-state index is 0.131. The molecule has 0 aliphatic rings. The number of hydrogen-bond donors (Lipinski definition) is 0. The van der Waals surface area contributed by atoms with Crippen LogP contribution in [-0.4, -0.2) is 9.78 Å².